The number of nitrogens with zero attached hydrogens (tertiary/aromatic N) is 1. The number of piperidine rings is 1. The Morgan fingerprint density at radius 2 is 1.86 bits per heavy atom. The smallest absolute Gasteiger partial charge is 0.225 e. The van der Waals surface area contributed by atoms with Crippen molar-refractivity contribution in [1.82, 2.24) is 4.90 Å². The van der Waals surface area contributed by atoms with Crippen molar-refractivity contribution in [3.8, 4) is 0 Å². The molecule has 3 unspecified atom stereocenters. The van der Waals surface area contributed by atoms with Crippen LogP contribution >= 0.6 is 0 Å². The lowest BCUT2D eigenvalue weighted by Gasteiger charge is -2.42. The molecule has 1 saturated heterocycles. The van der Waals surface area contributed by atoms with E-state index < -0.39 is 0 Å². The number of amides is 1. The van der Waals surface area contributed by atoms with E-state index in [1.54, 1.807) is 0 Å². The van der Waals surface area contributed by atoms with Crippen molar-refractivity contribution >= 4 is 5.91 Å². The minimum Gasteiger partial charge on any atom is -0.339 e. The van der Waals surface area contributed by atoms with Gasteiger partial charge in [0.1, 0.15) is 0 Å². The molecule has 0 radical (unpaired) electrons. The highest BCUT2D eigenvalue weighted by atomic mass is 16.2. The van der Waals surface area contributed by atoms with Gasteiger partial charge in [-0.15, -0.1) is 0 Å². The number of hydrogen-bond donors (Lipinski definition) is 0. The first-order valence-electron chi connectivity index (χ1n) is 5.74. The summed E-state index contributed by atoms with van der Waals surface area (Å²) in [5.41, 5.74) is 0. The third kappa shape index (κ3) is 2.28. The van der Waals surface area contributed by atoms with Gasteiger partial charge in [-0.05, 0) is 25.2 Å². The van der Waals surface area contributed by atoms with Crippen molar-refractivity contribution in [1.29, 1.82) is 0 Å². The summed E-state index contributed by atoms with van der Waals surface area (Å²) < 4.78 is 0. The van der Waals surface area contributed by atoms with Crippen LogP contribution in [0.2, 0.25) is 0 Å². The Morgan fingerprint density at radius 1 is 1.29 bits per heavy atom. The summed E-state index contributed by atoms with van der Waals surface area (Å²) in [7, 11) is 0. The molecule has 82 valence electrons. The summed E-state index contributed by atoms with van der Waals surface area (Å²) in [4.78, 5) is 14.0. The lowest BCUT2D eigenvalue weighted by atomic mass is 9.85. The van der Waals surface area contributed by atoms with Crippen molar-refractivity contribution in [2.45, 2.75) is 47.1 Å². The van der Waals surface area contributed by atoms with E-state index in [9.17, 15) is 4.79 Å². The van der Waals surface area contributed by atoms with Gasteiger partial charge in [0.15, 0.2) is 0 Å². The molecule has 1 aliphatic rings. The lowest BCUT2D eigenvalue weighted by molar-refractivity contribution is -0.140. The van der Waals surface area contributed by atoms with Crippen molar-refractivity contribution in [3.63, 3.8) is 0 Å². The van der Waals surface area contributed by atoms with Gasteiger partial charge in [-0.2, -0.15) is 0 Å². The average molecular weight is 197 g/mol. The van der Waals surface area contributed by atoms with E-state index in [-0.39, 0.29) is 5.92 Å². The summed E-state index contributed by atoms with van der Waals surface area (Å²) in [6, 6.07) is 0.418. The quantitative estimate of drug-likeness (QED) is 0.632. The molecule has 0 aliphatic carbocycles. The van der Waals surface area contributed by atoms with Gasteiger partial charge in [0.05, 0.1) is 0 Å². The van der Waals surface area contributed by atoms with Gasteiger partial charge in [0.25, 0.3) is 0 Å². The average Bonchev–Trinajstić information content (AvgIpc) is 2.09. The summed E-state index contributed by atoms with van der Waals surface area (Å²) in [6.07, 6.45) is 1.25. The molecule has 0 spiro atoms. The SMILES string of the molecule is CC1CC(C)C(C)N(C(=O)C(C)C)C1. The van der Waals surface area contributed by atoms with E-state index in [1.807, 2.05) is 13.8 Å². The Hall–Kier alpha value is -0.530. The van der Waals surface area contributed by atoms with E-state index in [4.69, 9.17) is 0 Å². The highest BCUT2D eigenvalue weighted by molar-refractivity contribution is 5.78. The molecule has 1 fully saturated rings. The maximum atomic E-state index is 11.9. The van der Waals surface area contributed by atoms with Crippen LogP contribution in [0.3, 0.4) is 0 Å². The molecule has 14 heavy (non-hydrogen) atoms. The Morgan fingerprint density at radius 3 is 2.36 bits per heavy atom. The fraction of sp³-hybridized carbons (Fsp3) is 0.917. The van der Waals surface area contributed by atoms with Crippen LogP contribution < -0.4 is 0 Å². The zero-order valence-electron chi connectivity index (χ0n) is 10.1. The fourth-order valence-electron chi connectivity index (χ4n) is 2.34. The van der Waals surface area contributed by atoms with E-state index in [1.165, 1.54) is 6.42 Å². The molecule has 0 aromatic heterocycles. The predicted octanol–water partition coefficient (Wildman–Crippen LogP) is 2.54. The van der Waals surface area contributed by atoms with Crippen LogP contribution in [0.1, 0.15) is 41.0 Å². The van der Waals surface area contributed by atoms with Crippen LogP contribution in [0, 0.1) is 17.8 Å². The van der Waals surface area contributed by atoms with Crippen molar-refractivity contribution in [2.24, 2.45) is 17.8 Å². The van der Waals surface area contributed by atoms with Crippen LogP contribution in [-0.2, 0) is 4.79 Å². The van der Waals surface area contributed by atoms with E-state index in [2.05, 4.69) is 25.7 Å². The second kappa shape index (κ2) is 4.33. The topological polar surface area (TPSA) is 20.3 Å². The Kier molecular flexibility index (Phi) is 3.57. The molecule has 2 nitrogen and oxygen atoms in total. The van der Waals surface area contributed by atoms with Crippen LogP contribution in [0.4, 0.5) is 0 Å². The fourth-order valence-corrected chi connectivity index (χ4v) is 2.34. The molecule has 1 amide bonds. The van der Waals surface area contributed by atoms with Gasteiger partial charge in [-0.3, -0.25) is 4.79 Å². The Labute approximate surface area is 87.7 Å². The normalized spacial score (nSPS) is 33.6. The van der Waals surface area contributed by atoms with E-state index in [0.717, 1.165) is 6.54 Å². The monoisotopic (exact) mass is 197 g/mol. The molecule has 0 aromatic rings. The van der Waals surface area contributed by atoms with E-state index >= 15 is 0 Å². The molecule has 1 aliphatic heterocycles. The second-order valence-electron chi connectivity index (χ2n) is 5.20. The lowest BCUT2D eigenvalue weighted by Crippen LogP contribution is -2.50. The van der Waals surface area contributed by atoms with Crippen molar-refractivity contribution < 1.29 is 4.79 Å². The van der Waals surface area contributed by atoms with Crippen LogP contribution in [0.15, 0.2) is 0 Å². The Bertz CT molecular complexity index is 212. The number of carbonyl (C=O) groups excluding carboxylic acids is 1. The van der Waals surface area contributed by atoms with Gasteiger partial charge in [-0.1, -0.05) is 27.7 Å². The first kappa shape index (κ1) is 11.5. The highest BCUT2D eigenvalue weighted by Gasteiger charge is 2.32. The van der Waals surface area contributed by atoms with Crippen LogP contribution in [0.25, 0.3) is 0 Å². The molecule has 2 heteroatoms. The number of rotatable bonds is 1. The molecular weight excluding hydrogens is 174 g/mol. The molecule has 0 aromatic carbocycles. The molecule has 1 rings (SSSR count). The van der Waals surface area contributed by atoms with Gasteiger partial charge in [0.2, 0.25) is 5.91 Å². The summed E-state index contributed by atoms with van der Waals surface area (Å²) in [5.74, 6) is 1.75. The first-order valence-corrected chi connectivity index (χ1v) is 5.74. The van der Waals surface area contributed by atoms with Gasteiger partial charge >= 0.3 is 0 Å². The van der Waals surface area contributed by atoms with Crippen molar-refractivity contribution in [3.05, 3.63) is 0 Å². The van der Waals surface area contributed by atoms with Crippen LogP contribution in [0.5, 0.6) is 0 Å². The largest absolute Gasteiger partial charge is 0.339 e. The third-order valence-corrected chi connectivity index (χ3v) is 3.37. The Balaban J connectivity index is 2.71. The number of likely N-dealkylation sites (tertiary alicyclic amines) is 1. The predicted molar refractivity (Wildman–Crippen MR) is 59.0 cm³/mol. The summed E-state index contributed by atoms with van der Waals surface area (Å²) in [6.45, 7) is 11.6. The van der Waals surface area contributed by atoms with E-state index in [0.29, 0.717) is 23.8 Å². The molecule has 0 N–H and O–H groups in total. The summed E-state index contributed by atoms with van der Waals surface area (Å²) in [5, 5.41) is 0. The molecule has 1 heterocycles. The highest BCUT2D eigenvalue weighted by Crippen LogP contribution is 2.27. The van der Waals surface area contributed by atoms with Crippen molar-refractivity contribution in [2.75, 3.05) is 6.54 Å². The molecule has 0 bridgehead atoms. The summed E-state index contributed by atoms with van der Waals surface area (Å²) >= 11 is 0. The molecule has 3 atom stereocenters. The minimum absolute atomic E-state index is 0.134. The zero-order valence-corrected chi connectivity index (χ0v) is 10.1. The van der Waals surface area contributed by atoms with Gasteiger partial charge < -0.3 is 4.90 Å². The van der Waals surface area contributed by atoms with Gasteiger partial charge in [0, 0.05) is 18.5 Å². The maximum absolute atomic E-state index is 11.9. The number of hydrogen-bond acceptors (Lipinski definition) is 1. The molecule has 0 saturated carbocycles. The van der Waals surface area contributed by atoms with Crippen LogP contribution in [-0.4, -0.2) is 23.4 Å². The third-order valence-electron chi connectivity index (χ3n) is 3.37. The zero-order chi connectivity index (χ0) is 10.9. The first-order chi connectivity index (χ1) is 6.43. The standard InChI is InChI=1S/C12H23NO/c1-8(2)12(14)13-7-9(3)6-10(4)11(13)5/h8-11H,6-7H2,1-5H3. The maximum Gasteiger partial charge on any atom is 0.225 e. The van der Waals surface area contributed by atoms with Gasteiger partial charge in [-0.25, -0.2) is 0 Å². The second-order valence-corrected chi connectivity index (χ2v) is 5.20. The number of carbonyl (C=O) groups is 1. The minimum atomic E-state index is 0.134. The molecular formula is C12H23NO.